The molecule has 2 unspecified atom stereocenters. The molecule has 1 heterocycles. The molecular weight excluding hydrogens is 645 g/mol. The van der Waals surface area contributed by atoms with Crippen molar-refractivity contribution < 1.29 is 34.6 Å². The van der Waals surface area contributed by atoms with E-state index in [0.717, 1.165) is 11.1 Å². The molecule has 1 aromatic heterocycles. The molecule has 250 valence electrons. The standard InChI is InChI=1S/C35H39Cl2N3O7/c1-33(37)29(27-7-3-2-4-8-27)9-5-10-35(33,47-12-6-11-40-34(21-42,22-43)23-44)24-46-32-15-31(28(19-41)14-30(32)36)45-20-26-13-25(16-38)17-39-18-26/h2-5,7-10,13-15,17-18,40-44H,6,11-12,19-24H2,1H3. The second-order valence-electron chi connectivity index (χ2n) is 11.4. The Morgan fingerprint density at radius 2 is 1.74 bits per heavy atom. The third kappa shape index (κ3) is 8.51. The summed E-state index contributed by atoms with van der Waals surface area (Å²) in [6.45, 7) is 0.822. The molecular formula is C35H39Cl2N3O7. The van der Waals surface area contributed by atoms with Gasteiger partial charge in [0.2, 0.25) is 0 Å². The van der Waals surface area contributed by atoms with Crippen molar-refractivity contribution in [2.45, 2.75) is 42.6 Å². The van der Waals surface area contributed by atoms with Crippen molar-refractivity contribution in [3.8, 4) is 17.6 Å². The van der Waals surface area contributed by atoms with Gasteiger partial charge >= 0.3 is 0 Å². The van der Waals surface area contributed by atoms with E-state index in [1.807, 2.05) is 55.5 Å². The summed E-state index contributed by atoms with van der Waals surface area (Å²) < 4.78 is 18.9. The summed E-state index contributed by atoms with van der Waals surface area (Å²) in [7, 11) is 0. The minimum absolute atomic E-state index is 0.0548. The van der Waals surface area contributed by atoms with Gasteiger partial charge in [0.15, 0.2) is 0 Å². The molecule has 3 aromatic rings. The van der Waals surface area contributed by atoms with Crippen molar-refractivity contribution in [1.29, 1.82) is 5.26 Å². The van der Waals surface area contributed by atoms with E-state index < -0.39 is 35.8 Å². The fourth-order valence-corrected chi connectivity index (χ4v) is 5.74. The maximum atomic E-state index is 10.00. The molecule has 5 N–H and O–H groups in total. The number of hydrogen-bond donors (Lipinski definition) is 5. The summed E-state index contributed by atoms with van der Waals surface area (Å²) in [5, 5.41) is 51.4. The number of rotatable bonds is 17. The minimum atomic E-state index is -1.21. The van der Waals surface area contributed by atoms with Crippen molar-refractivity contribution in [2.75, 3.05) is 39.6 Å². The van der Waals surface area contributed by atoms with Crippen LogP contribution in [0.15, 0.2) is 79.2 Å². The lowest BCUT2D eigenvalue weighted by Gasteiger charge is -2.45. The number of alkyl halides is 1. The van der Waals surface area contributed by atoms with E-state index in [1.54, 1.807) is 24.4 Å². The molecule has 0 spiro atoms. The second kappa shape index (κ2) is 16.6. The number of halogens is 2. The average molecular weight is 685 g/mol. The predicted molar refractivity (Wildman–Crippen MR) is 179 cm³/mol. The maximum Gasteiger partial charge on any atom is 0.143 e. The number of pyridine rings is 1. The van der Waals surface area contributed by atoms with Gasteiger partial charge in [-0.3, -0.25) is 4.98 Å². The highest BCUT2D eigenvalue weighted by Gasteiger charge is 2.51. The molecule has 0 saturated carbocycles. The van der Waals surface area contributed by atoms with Gasteiger partial charge in [0.05, 0.1) is 42.6 Å². The minimum Gasteiger partial charge on any atom is -0.488 e. The third-order valence-electron chi connectivity index (χ3n) is 8.15. The number of aromatic nitrogens is 1. The highest BCUT2D eigenvalue weighted by atomic mass is 35.5. The van der Waals surface area contributed by atoms with Gasteiger partial charge in [-0.15, -0.1) is 11.6 Å². The van der Waals surface area contributed by atoms with Gasteiger partial charge in [-0.1, -0.05) is 54.1 Å². The zero-order valence-electron chi connectivity index (χ0n) is 26.0. The van der Waals surface area contributed by atoms with Crippen molar-refractivity contribution in [3.05, 3.63) is 106 Å². The Kier molecular flexibility index (Phi) is 12.8. The van der Waals surface area contributed by atoms with Crippen molar-refractivity contribution in [3.63, 3.8) is 0 Å². The number of ether oxygens (including phenoxy) is 3. The van der Waals surface area contributed by atoms with Crippen LogP contribution in [0.1, 0.15) is 35.6 Å². The van der Waals surface area contributed by atoms with E-state index >= 15 is 0 Å². The monoisotopic (exact) mass is 683 g/mol. The molecule has 0 radical (unpaired) electrons. The molecule has 2 atom stereocenters. The number of nitrogens with zero attached hydrogens (tertiary/aromatic N) is 2. The largest absolute Gasteiger partial charge is 0.488 e. The molecule has 47 heavy (non-hydrogen) atoms. The molecule has 1 aliphatic rings. The summed E-state index contributed by atoms with van der Waals surface area (Å²) >= 11 is 14.0. The first kappa shape index (κ1) is 36.3. The maximum absolute atomic E-state index is 10.00. The Morgan fingerprint density at radius 3 is 2.43 bits per heavy atom. The lowest BCUT2D eigenvalue weighted by atomic mass is 9.76. The van der Waals surface area contributed by atoms with Crippen LogP contribution in [0.25, 0.3) is 5.57 Å². The molecule has 1 aliphatic carbocycles. The van der Waals surface area contributed by atoms with Crippen LogP contribution >= 0.6 is 23.2 Å². The van der Waals surface area contributed by atoms with Gasteiger partial charge in [-0.25, -0.2) is 0 Å². The number of nitriles is 1. The van der Waals surface area contributed by atoms with Crippen molar-refractivity contribution >= 4 is 28.8 Å². The number of aliphatic hydroxyl groups is 4. The van der Waals surface area contributed by atoms with Gasteiger partial charge in [-0.05, 0) is 49.2 Å². The zero-order valence-corrected chi connectivity index (χ0v) is 27.5. The lowest BCUT2D eigenvalue weighted by molar-refractivity contribution is -0.0535. The van der Waals surface area contributed by atoms with Crippen LogP contribution < -0.4 is 14.8 Å². The summed E-state index contributed by atoms with van der Waals surface area (Å²) in [6, 6.07) is 16.6. The Hall–Kier alpha value is -3.50. The van der Waals surface area contributed by atoms with E-state index in [4.69, 9.17) is 37.4 Å². The summed E-state index contributed by atoms with van der Waals surface area (Å²) in [6.07, 6.45) is 9.17. The molecule has 12 heteroatoms. The number of aliphatic hydroxyl groups excluding tert-OH is 4. The van der Waals surface area contributed by atoms with Crippen LogP contribution in [-0.2, 0) is 18.0 Å². The second-order valence-corrected chi connectivity index (χ2v) is 12.6. The average Bonchev–Trinajstić information content (AvgIpc) is 3.10. The predicted octanol–water partition coefficient (Wildman–Crippen LogP) is 4.16. The fourth-order valence-electron chi connectivity index (χ4n) is 5.15. The van der Waals surface area contributed by atoms with Crippen LogP contribution in [0.5, 0.6) is 11.5 Å². The van der Waals surface area contributed by atoms with Crippen LogP contribution in [0.4, 0.5) is 0 Å². The Bertz CT molecular complexity index is 1580. The zero-order chi connectivity index (χ0) is 33.9. The van der Waals surface area contributed by atoms with E-state index in [-0.39, 0.29) is 37.2 Å². The smallest absolute Gasteiger partial charge is 0.143 e. The van der Waals surface area contributed by atoms with Crippen LogP contribution in [0.2, 0.25) is 5.02 Å². The van der Waals surface area contributed by atoms with Crippen molar-refractivity contribution in [1.82, 2.24) is 10.3 Å². The first-order valence-electron chi connectivity index (χ1n) is 15.1. The Labute approximate surface area is 284 Å². The van der Waals surface area contributed by atoms with Gasteiger partial charge in [-0.2, -0.15) is 5.26 Å². The molecule has 2 aromatic carbocycles. The summed E-state index contributed by atoms with van der Waals surface area (Å²) in [5.74, 6) is 0.621. The number of nitrogens with one attached hydrogen (secondary N) is 1. The fraction of sp³-hybridized carbons (Fsp3) is 0.371. The molecule has 4 rings (SSSR count). The van der Waals surface area contributed by atoms with Gasteiger partial charge < -0.3 is 40.0 Å². The van der Waals surface area contributed by atoms with Gasteiger partial charge in [0.1, 0.15) is 41.3 Å². The first-order chi connectivity index (χ1) is 22.7. The van der Waals surface area contributed by atoms with Crippen LogP contribution in [0.3, 0.4) is 0 Å². The summed E-state index contributed by atoms with van der Waals surface area (Å²) in [4.78, 5) is 2.95. The number of allylic oxidation sites excluding steroid dienone is 2. The third-order valence-corrected chi connectivity index (χ3v) is 8.97. The Morgan fingerprint density at radius 1 is 1.00 bits per heavy atom. The van der Waals surface area contributed by atoms with Crippen LogP contribution in [0, 0.1) is 11.3 Å². The highest BCUT2D eigenvalue weighted by molar-refractivity contribution is 6.32. The number of hydrogen-bond acceptors (Lipinski definition) is 10. The van der Waals surface area contributed by atoms with Crippen molar-refractivity contribution in [2.24, 2.45) is 0 Å². The highest BCUT2D eigenvalue weighted by Crippen LogP contribution is 2.47. The van der Waals surface area contributed by atoms with E-state index in [9.17, 15) is 25.7 Å². The van der Waals surface area contributed by atoms with E-state index in [1.165, 1.54) is 6.20 Å². The lowest BCUT2D eigenvalue weighted by Crippen LogP contribution is -2.56. The SMILES string of the molecule is CC1(Cl)C(c2ccccc2)=CC=CC1(COc1cc(OCc2cncc(C#N)c2)c(CO)cc1Cl)OCCCNC(CO)(CO)CO. The quantitative estimate of drug-likeness (QED) is 0.103. The molecule has 10 nitrogen and oxygen atoms in total. The molecule has 0 saturated heterocycles. The summed E-state index contributed by atoms with van der Waals surface area (Å²) in [5.41, 5.74) is 0.858. The van der Waals surface area contributed by atoms with Gasteiger partial charge in [0, 0.05) is 36.2 Å². The number of benzene rings is 2. The normalized spacial score (nSPS) is 19.2. The van der Waals surface area contributed by atoms with Gasteiger partial charge in [0.25, 0.3) is 0 Å². The molecule has 0 amide bonds. The topological polar surface area (TPSA) is 157 Å². The molecule has 0 fully saturated rings. The van der Waals surface area contributed by atoms with E-state index in [2.05, 4.69) is 16.4 Å². The Balaban J connectivity index is 1.57. The molecule has 0 bridgehead atoms. The van der Waals surface area contributed by atoms with Crippen LogP contribution in [-0.4, -0.2) is 81.0 Å². The van der Waals surface area contributed by atoms with E-state index in [0.29, 0.717) is 35.4 Å². The molecule has 0 aliphatic heterocycles. The first-order valence-corrected chi connectivity index (χ1v) is 15.8.